The molecule has 0 saturated carbocycles. The Morgan fingerprint density at radius 3 is 2.14 bits per heavy atom. The summed E-state index contributed by atoms with van der Waals surface area (Å²) >= 11 is 12.3. The van der Waals surface area contributed by atoms with E-state index in [2.05, 4.69) is 36.5 Å². The first kappa shape index (κ1) is 27.7. The molecule has 0 atom stereocenters. The van der Waals surface area contributed by atoms with E-state index in [1.165, 1.54) is 30.3 Å². The number of hydrogen-bond acceptors (Lipinski definition) is 4. The topological polar surface area (TPSA) is 78.8 Å². The molecule has 0 spiro atoms. The van der Waals surface area contributed by atoms with Gasteiger partial charge < -0.3 is 0 Å². The molecular formula is C27H29Cl2N3O3S. The molecule has 0 saturated heterocycles. The van der Waals surface area contributed by atoms with Gasteiger partial charge in [0.1, 0.15) is 6.54 Å². The van der Waals surface area contributed by atoms with Gasteiger partial charge in [-0.05, 0) is 61.6 Å². The molecule has 0 bridgehead atoms. The number of rotatable bonds is 9. The molecule has 0 fully saturated rings. The second-order valence-corrected chi connectivity index (χ2v) is 12.0. The van der Waals surface area contributed by atoms with Crippen LogP contribution in [0.1, 0.15) is 38.3 Å². The van der Waals surface area contributed by atoms with E-state index in [-0.39, 0.29) is 26.0 Å². The number of hydrazone groups is 1. The molecule has 3 aromatic carbocycles. The van der Waals surface area contributed by atoms with Crippen molar-refractivity contribution in [1.29, 1.82) is 0 Å². The number of sulfonamides is 1. The molecule has 3 rings (SSSR count). The minimum atomic E-state index is -4.10. The van der Waals surface area contributed by atoms with Gasteiger partial charge in [0.2, 0.25) is 0 Å². The quantitative estimate of drug-likeness (QED) is 0.251. The minimum absolute atomic E-state index is 0.0429. The van der Waals surface area contributed by atoms with Crippen molar-refractivity contribution in [2.24, 2.45) is 5.10 Å². The number of hydrogen-bond donors (Lipinski definition) is 1. The molecule has 0 unspecified atom stereocenters. The third kappa shape index (κ3) is 7.09. The first-order valence-electron chi connectivity index (χ1n) is 11.3. The van der Waals surface area contributed by atoms with E-state index in [1.54, 1.807) is 12.1 Å². The summed E-state index contributed by atoms with van der Waals surface area (Å²) in [6, 6.07) is 20.8. The van der Waals surface area contributed by atoms with Crippen LogP contribution < -0.4 is 9.73 Å². The Balaban J connectivity index is 1.83. The van der Waals surface area contributed by atoms with Gasteiger partial charge in [-0.25, -0.2) is 13.8 Å². The molecule has 0 aliphatic heterocycles. The van der Waals surface area contributed by atoms with Crippen LogP contribution in [-0.2, 0) is 20.2 Å². The average Bonchev–Trinajstić information content (AvgIpc) is 2.81. The highest BCUT2D eigenvalue weighted by atomic mass is 35.5. The fourth-order valence-corrected chi connectivity index (χ4v) is 5.75. The molecule has 1 amide bonds. The lowest BCUT2D eigenvalue weighted by Gasteiger charge is -2.25. The predicted octanol–water partition coefficient (Wildman–Crippen LogP) is 6.36. The van der Waals surface area contributed by atoms with Crippen LogP contribution in [0.5, 0.6) is 0 Å². The molecule has 190 valence electrons. The van der Waals surface area contributed by atoms with E-state index in [0.717, 1.165) is 15.4 Å². The second-order valence-electron chi connectivity index (χ2n) is 9.26. The lowest BCUT2D eigenvalue weighted by molar-refractivity contribution is -0.119. The van der Waals surface area contributed by atoms with Gasteiger partial charge in [0.25, 0.3) is 15.9 Å². The van der Waals surface area contributed by atoms with Gasteiger partial charge in [-0.1, -0.05) is 85.1 Å². The number of amides is 1. The number of carbonyl (C=O) groups excluding carboxylic acids is 1. The van der Waals surface area contributed by atoms with Crippen molar-refractivity contribution in [2.75, 3.05) is 10.8 Å². The monoisotopic (exact) mass is 545 g/mol. The normalized spacial score (nSPS) is 12.3. The Bertz CT molecular complexity index is 1340. The van der Waals surface area contributed by atoms with Crippen LogP contribution in [-0.4, -0.2) is 26.6 Å². The van der Waals surface area contributed by atoms with Crippen molar-refractivity contribution in [3.05, 3.63) is 94.0 Å². The van der Waals surface area contributed by atoms with Crippen molar-refractivity contribution in [3.8, 4) is 0 Å². The molecule has 0 heterocycles. The molecule has 0 aliphatic rings. The number of halogens is 2. The highest BCUT2D eigenvalue weighted by Crippen LogP contribution is 2.30. The smallest absolute Gasteiger partial charge is 0.264 e. The number of anilines is 1. The lowest BCUT2D eigenvalue weighted by atomic mass is 9.80. The lowest BCUT2D eigenvalue weighted by Crippen LogP contribution is -2.40. The van der Waals surface area contributed by atoms with Crippen LogP contribution in [0.15, 0.2) is 82.8 Å². The summed E-state index contributed by atoms with van der Waals surface area (Å²) in [6.45, 7) is 7.37. The summed E-state index contributed by atoms with van der Waals surface area (Å²) in [5.41, 5.74) is 5.24. The van der Waals surface area contributed by atoms with E-state index < -0.39 is 22.5 Å². The van der Waals surface area contributed by atoms with E-state index in [1.807, 2.05) is 32.0 Å². The summed E-state index contributed by atoms with van der Waals surface area (Å²) in [7, 11) is -4.10. The zero-order chi connectivity index (χ0) is 26.5. The number of nitrogens with zero attached hydrogens (tertiary/aromatic N) is 2. The molecule has 0 aromatic heterocycles. The number of aryl methyl sites for hydroxylation is 1. The van der Waals surface area contributed by atoms with Crippen molar-refractivity contribution in [1.82, 2.24) is 5.43 Å². The summed E-state index contributed by atoms with van der Waals surface area (Å²) in [5, 5.41) is 4.72. The molecule has 0 aliphatic carbocycles. The summed E-state index contributed by atoms with van der Waals surface area (Å²) in [6.07, 6.45) is 0.604. The maximum absolute atomic E-state index is 13.5. The largest absolute Gasteiger partial charge is 0.271 e. The first-order valence-corrected chi connectivity index (χ1v) is 13.5. The fraction of sp³-hybridized carbons (Fsp3) is 0.259. The average molecular weight is 547 g/mol. The second kappa shape index (κ2) is 11.5. The fourth-order valence-electron chi connectivity index (χ4n) is 3.83. The van der Waals surface area contributed by atoms with E-state index >= 15 is 0 Å². The maximum atomic E-state index is 13.5. The van der Waals surface area contributed by atoms with E-state index in [4.69, 9.17) is 23.2 Å². The van der Waals surface area contributed by atoms with Crippen molar-refractivity contribution in [2.45, 2.75) is 44.4 Å². The number of nitrogens with one attached hydrogen (secondary N) is 1. The highest BCUT2D eigenvalue weighted by molar-refractivity contribution is 7.92. The Morgan fingerprint density at radius 1 is 0.972 bits per heavy atom. The van der Waals surface area contributed by atoms with Gasteiger partial charge >= 0.3 is 0 Å². The van der Waals surface area contributed by atoms with Gasteiger partial charge in [-0.3, -0.25) is 9.10 Å². The summed E-state index contributed by atoms with van der Waals surface area (Å²) in [4.78, 5) is 12.9. The van der Waals surface area contributed by atoms with Crippen molar-refractivity contribution < 1.29 is 13.2 Å². The molecule has 1 N–H and O–H groups in total. The number of benzene rings is 3. The van der Waals surface area contributed by atoms with Crippen LogP contribution >= 0.6 is 23.2 Å². The maximum Gasteiger partial charge on any atom is 0.264 e. The Kier molecular flexibility index (Phi) is 8.82. The van der Waals surface area contributed by atoms with Gasteiger partial charge in [0.05, 0.1) is 10.6 Å². The Morgan fingerprint density at radius 2 is 1.56 bits per heavy atom. The Labute approximate surface area is 223 Å². The SMILES string of the molecule is C/C(CC(C)(C)c1ccccc1)=N/NC(=O)CN(c1cc(Cl)cc(Cl)c1)S(=O)(=O)c1ccc(C)cc1. The van der Waals surface area contributed by atoms with Crippen molar-refractivity contribution in [3.63, 3.8) is 0 Å². The van der Waals surface area contributed by atoms with Crippen LogP contribution in [0.25, 0.3) is 0 Å². The van der Waals surface area contributed by atoms with Crippen LogP contribution in [0.4, 0.5) is 5.69 Å². The van der Waals surface area contributed by atoms with Gasteiger partial charge in [0, 0.05) is 15.8 Å². The zero-order valence-corrected chi connectivity index (χ0v) is 23.0. The van der Waals surface area contributed by atoms with Gasteiger partial charge in [-0.15, -0.1) is 0 Å². The molecule has 9 heteroatoms. The zero-order valence-electron chi connectivity index (χ0n) is 20.6. The molecule has 36 heavy (non-hydrogen) atoms. The number of carbonyl (C=O) groups is 1. The molecule has 0 radical (unpaired) electrons. The standard InChI is InChI=1S/C27H29Cl2N3O3S/c1-19-10-12-25(13-11-19)36(34,35)32(24-15-22(28)14-23(29)16-24)18-26(33)31-30-20(2)17-27(3,4)21-8-6-5-7-9-21/h5-16H,17-18H2,1-4H3,(H,31,33)/b30-20-. The summed E-state index contributed by atoms with van der Waals surface area (Å²) in [5.74, 6) is -0.598. The van der Waals surface area contributed by atoms with E-state index in [0.29, 0.717) is 12.1 Å². The van der Waals surface area contributed by atoms with Gasteiger partial charge in [-0.2, -0.15) is 5.10 Å². The molecular weight excluding hydrogens is 517 g/mol. The predicted molar refractivity (Wildman–Crippen MR) is 148 cm³/mol. The third-order valence-corrected chi connectivity index (χ3v) is 7.88. The van der Waals surface area contributed by atoms with Gasteiger partial charge in [0.15, 0.2) is 0 Å². The third-order valence-electron chi connectivity index (χ3n) is 5.66. The van der Waals surface area contributed by atoms with E-state index in [9.17, 15) is 13.2 Å². The minimum Gasteiger partial charge on any atom is -0.271 e. The summed E-state index contributed by atoms with van der Waals surface area (Å²) < 4.78 is 28.0. The van der Waals surface area contributed by atoms with Crippen LogP contribution in [0, 0.1) is 6.92 Å². The first-order chi connectivity index (χ1) is 16.9. The van der Waals surface area contributed by atoms with Crippen molar-refractivity contribution >= 4 is 50.5 Å². The molecule has 3 aromatic rings. The van der Waals surface area contributed by atoms with Crippen LogP contribution in [0.3, 0.4) is 0 Å². The Hall–Kier alpha value is -2.87. The highest BCUT2D eigenvalue weighted by Gasteiger charge is 2.28. The van der Waals surface area contributed by atoms with Crippen LogP contribution in [0.2, 0.25) is 10.0 Å². The molecule has 6 nitrogen and oxygen atoms in total.